The number of aryl methyl sites for hydroxylation is 1. The first-order valence-electron chi connectivity index (χ1n) is 9.50. The average molecular weight is 404 g/mol. The van der Waals surface area contributed by atoms with Crippen molar-refractivity contribution in [1.29, 1.82) is 0 Å². The second-order valence-electron chi connectivity index (χ2n) is 6.84. The largest absolute Gasteiger partial charge is 0.496 e. The Balaban J connectivity index is 1.63. The maximum atomic E-state index is 12.6. The van der Waals surface area contributed by atoms with E-state index < -0.39 is 5.91 Å². The van der Waals surface area contributed by atoms with E-state index in [1.54, 1.807) is 49.6 Å². The molecule has 0 heterocycles. The van der Waals surface area contributed by atoms with Crippen LogP contribution < -0.4 is 20.5 Å². The zero-order chi connectivity index (χ0) is 21.5. The van der Waals surface area contributed by atoms with E-state index in [4.69, 9.17) is 15.2 Å². The van der Waals surface area contributed by atoms with Gasteiger partial charge in [-0.15, -0.1) is 0 Å². The van der Waals surface area contributed by atoms with Crippen LogP contribution >= 0.6 is 0 Å². The van der Waals surface area contributed by atoms with Crippen LogP contribution in [0.5, 0.6) is 11.5 Å². The SMILES string of the molecule is COc1cc(CNC(=O)c2cccc(COc3ccccc3C(N)=O)c2)ccc1C. The topological polar surface area (TPSA) is 90.7 Å². The Morgan fingerprint density at radius 2 is 1.73 bits per heavy atom. The fourth-order valence-electron chi connectivity index (χ4n) is 3.02. The number of rotatable bonds is 8. The van der Waals surface area contributed by atoms with Crippen molar-refractivity contribution in [3.05, 3.63) is 94.5 Å². The molecule has 3 N–H and O–H groups in total. The van der Waals surface area contributed by atoms with E-state index in [2.05, 4.69) is 5.32 Å². The number of para-hydroxylation sites is 1. The number of carbonyl (C=O) groups is 2. The van der Waals surface area contributed by atoms with Crippen LogP contribution in [0.3, 0.4) is 0 Å². The van der Waals surface area contributed by atoms with Crippen molar-refractivity contribution in [2.45, 2.75) is 20.1 Å². The Labute approximate surface area is 175 Å². The molecule has 3 aromatic carbocycles. The Morgan fingerprint density at radius 3 is 2.50 bits per heavy atom. The lowest BCUT2D eigenvalue weighted by molar-refractivity contribution is 0.0949. The van der Waals surface area contributed by atoms with Gasteiger partial charge in [0.1, 0.15) is 18.1 Å². The van der Waals surface area contributed by atoms with Crippen LogP contribution in [0.1, 0.15) is 37.4 Å². The van der Waals surface area contributed by atoms with Gasteiger partial charge < -0.3 is 20.5 Å². The van der Waals surface area contributed by atoms with Crippen molar-refractivity contribution in [1.82, 2.24) is 5.32 Å². The van der Waals surface area contributed by atoms with Crippen molar-refractivity contribution in [2.75, 3.05) is 7.11 Å². The average Bonchev–Trinajstić information content (AvgIpc) is 2.77. The number of nitrogens with two attached hydrogens (primary N) is 1. The highest BCUT2D eigenvalue weighted by Gasteiger charge is 2.10. The second-order valence-corrected chi connectivity index (χ2v) is 6.84. The number of carbonyl (C=O) groups excluding carboxylic acids is 2. The van der Waals surface area contributed by atoms with E-state index in [0.717, 1.165) is 22.4 Å². The standard InChI is InChI=1S/C24H24N2O4/c1-16-10-11-17(13-22(16)29-2)14-26-24(28)19-7-5-6-18(12-19)15-30-21-9-4-3-8-20(21)23(25)27/h3-13H,14-15H2,1-2H3,(H2,25,27)(H,26,28). The number of nitrogens with one attached hydrogen (secondary N) is 1. The number of hydrogen-bond donors (Lipinski definition) is 2. The van der Waals surface area contributed by atoms with Crippen LogP contribution in [0.25, 0.3) is 0 Å². The molecule has 0 saturated heterocycles. The molecule has 0 aliphatic rings. The summed E-state index contributed by atoms with van der Waals surface area (Å²) in [4.78, 5) is 24.1. The van der Waals surface area contributed by atoms with Crippen LogP contribution in [-0.4, -0.2) is 18.9 Å². The van der Waals surface area contributed by atoms with Crippen molar-refractivity contribution >= 4 is 11.8 Å². The lowest BCUT2D eigenvalue weighted by Crippen LogP contribution is -2.23. The first-order chi connectivity index (χ1) is 14.5. The summed E-state index contributed by atoms with van der Waals surface area (Å²) in [6, 6.07) is 19.8. The van der Waals surface area contributed by atoms with E-state index >= 15 is 0 Å². The van der Waals surface area contributed by atoms with Gasteiger partial charge in [0, 0.05) is 12.1 Å². The lowest BCUT2D eigenvalue weighted by Gasteiger charge is -2.11. The van der Waals surface area contributed by atoms with Crippen LogP contribution in [-0.2, 0) is 13.2 Å². The first-order valence-corrected chi connectivity index (χ1v) is 9.50. The summed E-state index contributed by atoms with van der Waals surface area (Å²) >= 11 is 0. The molecular formula is C24H24N2O4. The Morgan fingerprint density at radius 1 is 0.933 bits per heavy atom. The fourth-order valence-corrected chi connectivity index (χ4v) is 3.02. The van der Waals surface area contributed by atoms with E-state index in [0.29, 0.717) is 23.4 Å². The predicted molar refractivity (Wildman–Crippen MR) is 115 cm³/mol. The minimum atomic E-state index is -0.550. The van der Waals surface area contributed by atoms with E-state index in [1.165, 1.54) is 0 Å². The highest BCUT2D eigenvalue weighted by Crippen LogP contribution is 2.20. The summed E-state index contributed by atoms with van der Waals surface area (Å²) in [6.45, 7) is 2.57. The van der Waals surface area contributed by atoms with Crippen molar-refractivity contribution in [3.8, 4) is 11.5 Å². The van der Waals surface area contributed by atoms with Crippen molar-refractivity contribution in [3.63, 3.8) is 0 Å². The van der Waals surface area contributed by atoms with Crippen molar-refractivity contribution in [2.24, 2.45) is 5.73 Å². The number of hydrogen-bond acceptors (Lipinski definition) is 4. The van der Waals surface area contributed by atoms with Crippen LogP contribution in [0.15, 0.2) is 66.7 Å². The Bertz CT molecular complexity index is 1060. The van der Waals surface area contributed by atoms with Gasteiger partial charge in [-0.3, -0.25) is 9.59 Å². The highest BCUT2D eigenvalue weighted by molar-refractivity contribution is 5.95. The van der Waals surface area contributed by atoms with Crippen molar-refractivity contribution < 1.29 is 19.1 Å². The zero-order valence-corrected chi connectivity index (χ0v) is 17.0. The van der Waals surface area contributed by atoms with Crippen LogP contribution in [0, 0.1) is 6.92 Å². The summed E-state index contributed by atoms with van der Waals surface area (Å²) in [5, 5.41) is 2.91. The third kappa shape index (κ3) is 5.17. The first kappa shape index (κ1) is 20.9. The molecule has 6 nitrogen and oxygen atoms in total. The molecule has 0 radical (unpaired) electrons. The van der Waals surface area contributed by atoms with Gasteiger partial charge in [0.05, 0.1) is 12.7 Å². The molecule has 0 spiro atoms. The Hall–Kier alpha value is -3.80. The molecule has 154 valence electrons. The van der Waals surface area contributed by atoms with Gasteiger partial charge >= 0.3 is 0 Å². The van der Waals surface area contributed by atoms with E-state index in [-0.39, 0.29) is 12.5 Å². The zero-order valence-electron chi connectivity index (χ0n) is 17.0. The maximum absolute atomic E-state index is 12.6. The smallest absolute Gasteiger partial charge is 0.252 e. The number of benzene rings is 3. The van der Waals surface area contributed by atoms with Gasteiger partial charge in [-0.2, -0.15) is 0 Å². The Kier molecular flexibility index (Phi) is 6.70. The molecule has 3 aromatic rings. The number of primary amides is 1. The molecule has 30 heavy (non-hydrogen) atoms. The molecule has 0 fully saturated rings. The summed E-state index contributed by atoms with van der Waals surface area (Å²) in [5.41, 5.74) is 9.02. The third-order valence-corrected chi connectivity index (χ3v) is 4.66. The molecule has 0 unspecified atom stereocenters. The maximum Gasteiger partial charge on any atom is 0.252 e. The summed E-state index contributed by atoms with van der Waals surface area (Å²) in [5.74, 6) is 0.464. The minimum absolute atomic E-state index is 0.186. The predicted octanol–water partition coefficient (Wildman–Crippen LogP) is 3.61. The van der Waals surface area contributed by atoms with E-state index in [1.807, 2.05) is 31.2 Å². The molecular weight excluding hydrogens is 380 g/mol. The molecule has 6 heteroatoms. The van der Waals surface area contributed by atoms with E-state index in [9.17, 15) is 9.59 Å². The van der Waals surface area contributed by atoms with Gasteiger partial charge in [0.25, 0.3) is 11.8 Å². The molecule has 0 aliphatic carbocycles. The second kappa shape index (κ2) is 9.60. The summed E-state index contributed by atoms with van der Waals surface area (Å²) < 4.78 is 11.1. The molecule has 0 aliphatic heterocycles. The fraction of sp³-hybridized carbons (Fsp3) is 0.167. The highest BCUT2D eigenvalue weighted by atomic mass is 16.5. The molecule has 0 aromatic heterocycles. The van der Waals surface area contributed by atoms with Gasteiger partial charge in [-0.1, -0.05) is 36.4 Å². The minimum Gasteiger partial charge on any atom is -0.496 e. The van der Waals surface area contributed by atoms with Gasteiger partial charge in [-0.05, 0) is 53.9 Å². The molecule has 0 saturated carbocycles. The summed E-state index contributed by atoms with van der Waals surface area (Å²) in [7, 11) is 1.63. The van der Waals surface area contributed by atoms with Gasteiger partial charge in [0.2, 0.25) is 0 Å². The number of amides is 2. The van der Waals surface area contributed by atoms with Gasteiger partial charge in [-0.25, -0.2) is 0 Å². The molecule has 0 atom stereocenters. The molecule has 3 rings (SSSR count). The monoisotopic (exact) mass is 404 g/mol. The van der Waals surface area contributed by atoms with Crippen LogP contribution in [0.4, 0.5) is 0 Å². The number of methoxy groups -OCH3 is 1. The summed E-state index contributed by atoms with van der Waals surface area (Å²) in [6.07, 6.45) is 0. The quantitative estimate of drug-likeness (QED) is 0.600. The normalized spacial score (nSPS) is 10.3. The lowest BCUT2D eigenvalue weighted by atomic mass is 10.1. The van der Waals surface area contributed by atoms with Crippen LogP contribution in [0.2, 0.25) is 0 Å². The molecule has 2 amide bonds. The van der Waals surface area contributed by atoms with Gasteiger partial charge in [0.15, 0.2) is 0 Å². The number of ether oxygens (including phenoxy) is 2. The molecule has 0 bridgehead atoms. The third-order valence-electron chi connectivity index (χ3n) is 4.66.